The maximum Gasteiger partial charge on any atom is 0.252 e. The van der Waals surface area contributed by atoms with Crippen LogP contribution in [-0.4, -0.2) is 74.9 Å². The van der Waals surface area contributed by atoms with Gasteiger partial charge in [-0.15, -0.1) is 0 Å². The number of aromatic nitrogens is 1. The maximum atomic E-state index is 13.0. The van der Waals surface area contributed by atoms with Crippen LogP contribution in [0.15, 0.2) is 42.7 Å². The summed E-state index contributed by atoms with van der Waals surface area (Å²) in [7, 11) is 3.83. The lowest BCUT2D eigenvalue weighted by atomic mass is 9.85. The van der Waals surface area contributed by atoms with E-state index in [1.807, 2.05) is 24.4 Å². The molecule has 3 aliphatic rings. The zero-order valence-electron chi connectivity index (χ0n) is 19.3. The van der Waals surface area contributed by atoms with E-state index in [0.717, 1.165) is 50.5 Å². The number of benzene rings is 1. The molecule has 0 spiro atoms. The van der Waals surface area contributed by atoms with Crippen LogP contribution in [0.5, 0.6) is 5.75 Å². The molecule has 3 aliphatic heterocycles. The molecular formula is C24H33N7O2. The van der Waals surface area contributed by atoms with Crippen LogP contribution in [0, 0.1) is 5.92 Å². The molecule has 1 aromatic heterocycles. The molecule has 0 aliphatic carbocycles. The quantitative estimate of drug-likeness (QED) is 0.529. The fourth-order valence-corrected chi connectivity index (χ4v) is 5.11. The second-order valence-corrected chi connectivity index (χ2v) is 9.16. The van der Waals surface area contributed by atoms with Crippen molar-refractivity contribution in [2.75, 3.05) is 51.8 Å². The molecule has 4 atom stereocenters. The minimum atomic E-state index is -0.146. The van der Waals surface area contributed by atoms with Crippen molar-refractivity contribution >= 4 is 11.6 Å². The van der Waals surface area contributed by atoms with Gasteiger partial charge in [0.2, 0.25) is 0 Å². The first-order valence-electron chi connectivity index (χ1n) is 11.7. The fourth-order valence-electron chi connectivity index (χ4n) is 5.11. The van der Waals surface area contributed by atoms with Gasteiger partial charge in [-0.25, -0.2) is 5.43 Å². The summed E-state index contributed by atoms with van der Waals surface area (Å²) >= 11 is 0. The van der Waals surface area contributed by atoms with E-state index in [-0.39, 0.29) is 30.1 Å². The van der Waals surface area contributed by atoms with Crippen molar-refractivity contribution in [3.8, 4) is 5.75 Å². The highest BCUT2D eigenvalue weighted by Gasteiger charge is 2.42. The first-order valence-corrected chi connectivity index (χ1v) is 11.7. The minimum absolute atomic E-state index is 0.0612. The van der Waals surface area contributed by atoms with Gasteiger partial charge in [-0.1, -0.05) is 0 Å². The van der Waals surface area contributed by atoms with Crippen molar-refractivity contribution < 1.29 is 9.53 Å². The van der Waals surface area contributed by atoms with E-state index in [4.69, 9.17) is 4.74 Å². The number of likely N-dealkylation sites (N-methyl/N-ethyl adjacent to an activating group) is 1. The Hall–Kier alpha value is -2.72. The summed E-state index contributed by atoms with van der Waals surface area (Å²) < 4.78 is 5.53. The summed E-state index contributed by atoms with van der Waals surface area (Å²) in [4.78, 5) is 22.0. The predicted molar refractivity (Wildman–Crippen MR) is 127 cm³/mol. The van der Waals surface area contributed by atoms with Gasteiger partial charge >= 0.3 is 0 Å². The van der Waals surface area contributed by atoms with Crippen molar-refractivity contribution in [2.45, 2.75) is 24.7 Å². The Morgan fingerprint density at radius 1 is 1.12 bits per heavy atom. The van der Waals surface area contributed by atoms with Crippen molar-refractivity contribution in [1.29, 1.82) is 0 Å². The van der Waals surface area contributed by atoms with E-state index in [1.54, 1.807) is 13.3 Å². The Labute approximate surface area is 194 Å². The molecule has 176 valence electrons. The monoisotopic (exact) mass is 451 g/mol. The number of carbonyl (C=O) groups excluding carboxylic acids is 1. The molecule has 1 amide bonds. The molecule has 9 nitrogen and oxygen atoms in total. The zero-order chi connectivity index (χ0) is 22.8. The second kappa shape index (κ2) is 9.64. The first kappa shape index (κ1) is 22.1. The van der Waals surface area contributed by atoms with Crippen molar-refractivity contribution in [3.05, 3.63) is 53.9 Å². The molecule has 4 N–H and O–H groups in total. The molecule has 0 saturated carbocycles. The third-order valence-corrected chi connectivity index (χ3v) is 7.15. The molecular weight excluding hydrogens is 418 g/mol. The Kier molecular flexibility index (Phi) is 6.45. The number of methoxy groups -OCH3 is 1. The number of ether oxygens (including phenoxy) is 1. The molecule has 33 heavy (non-hydrogen) atoms. The average Bonchev–Trinajstić information content (AvgIpc) is 3.26. The van der Waals surface area contributed by atoms with Gasteiger partial charge in [-0.05, 0) is 43.8 Å². The van der Waals surface area contributed by atoms with E-state index >= 15 is 0 Å². The highest BCUT2D eigenvalue weighted by molar-refractivity contribution is 5.94. The van der Waals surface area contributed by atoms with Crippen LogP contribution in [0.4, 0.5) is 5.69 Å². The van der Waals surface area contributed by atoms with Crippen LogP contribution in [0.1, 0.15) is 28.4 Å². The lowest BCUT2D eigenvalue weighted by Crippen LogP contribution is -2.49. The van der Waals surface area contributed by atoms with Crippen LogP contribution in [0.2, 0.25) is 0 Å². The zero-order valence-corrected chi connectivity index (χ0v) is 19.3. The van der Waals surface area contributed by atoms with Gasteiger partial charge < -0.3 is 25.2 Å². The van der Waals surface area contributed by atoms with E-state index in [1.165, 1.54) is 5.69 Å². The number of fused-ring (bicyclic) bond motifs is 1. The number of anilines is 1. The molecule has 5 rings (SSSR count). The molecule has 2 aromatic rings. The Bertz CT molecular complexity index is 962. The molecule has 0 bridgehead atoms. The SMILES string of the molecule is COc1ccncc1C1CC2C(CN1)NNC2NC(=O)c1ccc(N2CCN(C)CC2)cc1. The lowest BCUT2D eigenvalue weighted by molar-refractivity contribution is 0.0913. The van der Waals surface area contributed by atoms with Crippen molar-refractivity contribution in [2.24, 2.45) is 5.92 Å². The van der Waals surface area contributed by atoms with E-state index < -0.39 is 0 Å². The molecule has 3 saturated heterocycles. The normalized spacial score (nSPS) is 27.8. The predicted octanol–water partition coefficient (Wildman–Crippen LogP) is 0.725. The van der Waals surface area contributed by atoms with Gasteiger partial charge in [-0.3, -0.25) is 15.2 Å². The molecule has 0 radical (unpaired) electrons. The second-order valence-electron chi connectivity index (χ2n) is 9.16. The number of rotatable bonds is 5. The number of hydrazine groups is 1. The van der Waals surface area contributed by atoms with E-state index in [2.05, 4.69) is 55.4 Å². The van der Waals surface area contributed by atoms with Crippen molar-refractivity contribution in [3.63, 3.8) is 0 Å². The number of amides is 1. The first-order chi connectivity index (χ1) is 16.1. The minimum Gasteiger partial charge on any atom is -0.496 e. The number of carbonyl (C=O) groups is 1. The summed E-state index contributed by atoms with van der Waals surface area (Å²) in [5.74, 6) is 1.02. The molecule has 9 heteroatoms. The van der Waals surface area contributed by atoms with Gasteiger partial charge in [0.15, 0.2) is 0 Å². The highest BCUT2D eigenvalue weighted by Crippen LogP contribution is 2.34. The molecule has 4 unspecified atom stereocenters. The maximum absolute atomic E-state index is 13.0. The summed E-state index contributed by atoms with van der Waals surface area (Å²) in [5.41, 5.74) is 9.52. The topological polar surface area (TPSA) is 93.8 Å². The van der Waals surface area contributed by atoms with Gasteiger partial charge in [-0.2, -0.15) is 0 Å². The Balaban J connectivity index is 1.22. The third-order valence-electron chi connectivity index (χ3n) is 7.15. The van der Waals surface area contributed by atoms with Crippen LogP contribution >= 0.6 is 0 Å². The Morgan fingerprint density at radius 3 is 2.67 bits per heavy atom. The highest BCUT2D eigenvalue weighted by atomic mass is 16.5. The standard InChI is InChI=1S/C24H33N7O2/c1-30-9-11-31(12-10-30)17-5-3-16(4-6-17)24(32)27-23-18-13-20(26-15-21(18)28-29-23)19-14-25-8-7-22(19)33-2/h3-8,14,18,20-21,23,26,28-29H,9-13,15H2,1-2H3,(H,27,32). The number of hydrogen-bond acceptors (Lipinski definition) is 8. The summed E-state index contributed by atoms with van der Waals surface area (Å²) in [6.07, 6.45) is 4.32. The third kappa shape index (κ3) is 4.67. The van der Waals surface area contributed by atoms with Crippen LogP contribution in [0.25, 0.3) is 0 Å². The van der Waals surface area contributed by atoms with Crippen LogP contribution in [0.3, 0.4) is 0 Å². The average molecular weight is 452 g/mol. The number of piperidine rings is 1. The van der Waals surface area contributed by atoms with E-state index in [9.17, 15) is 4.79 Å². The Morgan fingerprint density at radius 2 is 1.91 bits per heavy atom. The summed E-state index contributed by atoms with van der Waals surface area (Å²) in [5, 5.41) is 6.78. The largest absolute Gasteiger partial charge is 0.496 e. The van der Waals surface area contributed by atoms with Gasteiger partial charge in [0.05, 0.1) is 13.3 Å². The smallest absolute Gasteiger partial charge is 0.252 e. The molecule has 3 fully saturated rings. The van der Waals surface area contributed by atoms with Gasteiger partial charge in [0.25, 0.3) is 5.91 Å². The fraction of sp³-hybridized carbons (Fsp3) is 0.500. The number of hydrogen-bond donors (Lipinski definition) is 4. The number of piperazine rings is 1. The number of pyridine rings is 1. The molecule has 1 aromatic carbocycles. The van der Waals surface area contributed by atoms with Crippen LogP contribution < -0.4 is 31.1 Å². The lowest BCUT2D eigenvalue weighted by Gasteiger charge is -2.35. The van der Waals surface area contributed by atoms with E-state index in [0.29, 0.717) is 5.56 Å². The van der Waals surface area contributed by atoms with Crippen molar-refractivity contribution in [1.82, 2.24) is 31.4 Å². The molecule has 4 heterocycles. The summed E-state index contributed by atoms with van der Waals surface area (Å²) in [6.45, 7) is 4.95. The number of nitrogens with zero attached hydrogens (tertiary/aromatic N) is 3. The van der Waals surface area contributed by atoms with Crippen LogP contribution in [-0.2, 0) is 0 Å². The van der Waals surface area contributed by atoms with Gasteiger partial charge in [0.1, 0.15) is 5.75 Å². The summed E-state index contributed by atoms with van der Waals surface area (Å²) in [6, 6.07) is 10.2. The van der Waals surface area contributed by atoms with Gasteiger partial charge in [0, 0.05) is 79.9 Å². The number of nitrogens with one attached hydrogen (secondary N) is 4.